The largest absolute Gasteiger partial charge is 0.395 e. The zero-order valence-corrected chi connectivity index (χ0v) is 4.39. The first-order valence-electron chi connectivity index (χ1n) is 2.76. The van der Waals surface area contributed by atoms with Crippen LogP contribution in [-0.2, 0) is 0 Å². The standard InChI is InChI=1S/C7H6O/c8-4-6-2-1-5-3-7(5)6/h3,6-8H,4H2. The number of rotatable bonds is 1. The predicted molar refractivity (Wildman–Crippen MR) is 29.9 cm³/mol. The summed E-state index contributed by atoms with van der Waals surface area (Å²) >= 11 is 0. The van der Waals surface area contributed by atoms with E-state index in [1.807, 2.05) is 0 Å². The molecule has 0 amide bonds. The van der Waals surface area contributed by atoms with Crippen molar-refractivity contribution >= 4 is 0 Å². The van der Waals surface area contributed by atoms with Crippen molar-refractivity contribution in [1.29, 1.82) is 0 Å². The number of fused-ring (bicyclic) bond motifs is 1. The van der Waals surface area contributed by atoms with E-state index in [9.17, 15) is 0 Å². The van der Waals surface area contributed by atoms with Crippen LogP contribution in [0.4, 0.5) is 0 Å². The van der Waals surface area contributed by atoms with Crippen LogP contribution in [0.1, 0.15) is 0 Å². The van der Waals surface area contributed by atoms with Gasteiger partial charge in [0, 0.05) is 11.5 Å². The minimum Gasteiger partial charge on any atom is -0.395 e. The van der Waals surface area contributed by atoms with Gasteiger partial charge in [-0.3, -0.25) is 0 Å². The Kier molecular flexibility index (Phi) is 0.601. The Hall–Kier alpha value is -0.740. The molecule has 1 heteroatoms. The Bertz CT molecular complexity index is 204. The number of hydrogen-bond donors (Lipinski definition) is 1. The highest BCUT2D eigenvalue weighted by Crippen LogP contribution is 2.38. The van der Waals surface area contributed by atoms with E-state index >= 15 is 0 Å². The summed E-state index contributed by atoms with van der Waals surface area (Å²) in [6.07, 6.45) is 2.11. The molecule has 1 N–H and O–H groups in total. The highest BCUT2D eigenvalue weighted by atomic mass is 16.3. The smallest absolute Gasteiger partial charge is 0.0578 e. The molecule has 0 aromatic heterocycles. The summed E-state index contributed by atoms with van der Waals surface area (Å²) in [5.74, 6) is 6.64. The number of hydrogen-bond acceptors (Lipinski definition) is 1. The highest BCUT2D eigenvalue weighted by molar-refractivity contribution is 5.53. The average Bonchev–Trinajstić information content (AvgIpc) is 2.46. The van der Waals surface area contributed by atoms with Crippen LogP contribution in [0.3, 0.4) is 0 Å². The minimum absolute atomic E-state index is 0.220. The molecule has 2 rings (SSSR count). The molecular weight excluding hydrogens is 100 g/mol. The van der Waals surface area contributed by atoms with Crippen molar-refractivity contribution in [2.24, 2.45) is 11.8 Å². The molecule has 2 unspecified atom stereocenters. The molecule has 0 radical (unpaired) electrons. The molecular formula is C7H6O. The summed E-state index contributed by atoms with van der Waals surface area (Å²) in [6.45, 7) is 0.220. The molecule has 8 heavy (non-hydrogen) atoms. The van der Waals surface area contributed by atoms with E-state index in [0.717, 1.165) is 0 Å². The lowest BCUT2D eigenvalue weighted by Crippen LogP contribution is -2.03. The van der Waals surface area contributed by atoms with Gasteiger partial charge in [-0.05, 0) is 0 Å². The second-order valence-electron chi connectivity index (χ2n) is 2.21. The number of aliphatic hydroxyl groups excluding tert-OH is 1. The summed E-state index contributed by atoms with van der Waals surface area (Å²) in [7, 11) is 0. The van der Waals surface area contributed by atoms with Gasteiger partial charge in [0.05, 0.1) is 12.5 Å². The molecule has 0 heterocycles. The van der Waals surface area contributed by atoms with Crippen molar-refractivity contribution in [3.8, 4) is 11.8 Å². The number of aliphatic hydroxyl groups is 1. The molecule has 0 aromatic carbocycles. The van der Waals surface area contributed by atoms with Gasteiger partial charge in [0.2, 0.25) is 0 Å². The molecule has 0 aliphatic heterocycles. The maximum atomic E-state index is 8.63. The normalized spacial score (nSPS) is 37.4. The lowest BCUT2D eigenvalue weighted by atomic mass is 10.1. The van der Waals surface area contributed by atoms with Crippen LogP contribution in [0.25, 0.3) is 0 Å². The van der Waals surface area contributed by atoms with Gasteiger partial charge in [0.15, 0.2) is 0 Å². The Balaban J connectivity index is 2.17. The van der Waals surface area contributed by atoms with Gasteiger partial charge in [-0.1, -0.05) is 17.9 Å². The van der Waals surface area contributed by atoms with E-state index in [1.165, 1.54) is 5.57 Å². The first-order chi connectivity index (χ1) is 3.92. The van der Waals surface area contributed by atoms with Crippen molar-refractivity contribution in [3.63, 3.8) is 0 Å². The Morgan fingerprint density at radius 1 is 1.75 bits per heavy atom. The molecule has 0 aromatic rings. The minimum atomic E-state index is 0.220. The Morgan fingerprint density at radius 2 is 2.62 bits per heavy atom. The molecule has 0 bridgehead atoms. The zero-order chi connectivity index (χ0) is 5.56. The summed E-state index contributed by atoms with van der Waals surface area (Å²) in [6, 6.07) is 0. The van der Waals surface area contributed by atoms with E-state index in [4.69, 9.17) is 5.11 Å². The second kappa shape index (κ2) is 1.15. The molecule has 2 aliphatic carbocycles. The van der Waals surface area contributed by atoms with Crippen LogP contribution >= 0.6 is 0 Å². The van der Waals surface area contributed by atoms with Crippen LogP contribution < -0.4 is 0 Å². The highest BCUT2D eigenvalue weighted by Gasteiger charge is 2.34. The van der Waals surface area contributed by atoms with E-state index in [0.29, 0.717) is 5.92 Å². The monoisotopic (exact) mass is 106 g/mol. The third kappa shape index (κ3) is 0.361. The topological polar surface area (TPSA) is 20.2 Å². The van der Waals surface area contributed by atoms with Crippen LogP contribution in [0, 0.1) is 23.7 Å². The maximum Gasteiger partial charge on any atom is 0.0578 e. The molecule has 2 atom stereocenters. The average molecular weight is 106 g/mol. The zero-order valence-electron chi connectivity index (χ0n) is 4.39. The van der Waals surface area contributed by atoms with E-state index in [1.54, 1.807) is 0 Å². The Morgan fingerprint density at radius 3 is 2.88 bits per heavy atom. The fraction of sp³-hybridized carbons (Fsp3) is 0.429. The van der Waals surface area contributed by atoms with Gasteiger partial charge < -0.3 is 5.11 Å². The lowest BCUT2D eigenvalue weighted by Gasteiger charge is -1.98. The molecule has 0 fully saturated rings. The van der Waals surface area contributed by atoms with Gasteiger partial charge in [-0.15, -0.1) is 0 Å². The predicted octanol–water partition coefficient (Wildman–Crippen LogP) is 0.168. The molecule has 40 valence electrons. The van der Waals surface area contributed by atoms with Gasteiger partial charge in [0.1, 0.15) is 0 Å². The molecule has 1 nitrogen and oxygen atoms in total. The van der Waals surface area contributed by atoms with Crippen molar-refractivity contribution in [3.05, 3.63) is 11.6 Å². The summed E-state index contributed by atoms with van der Waals surface area (Å²) in [5.41, 5.74) is 1.24. The van der Waals surface area contributed by atoms with Gasteiger partial charge >= 0.3 is 0 Å². The van der Waals surface area contributed by atoms with Gasteiger partial charge in [0.25, 0.3) is 0 Å². The van der Waals surface area contributed by atoms with Crippen LogP contribution in [0.5, 0.6) is 0 Å². The first kappa shape index (κ1) is 4.17. The van der Waals surface area contributed by atoms with Crippen LogP contribution in [0.2, 0.25) is 0 Å². The molecule has 0 spiro atoms. The van der Waals surface area contributed by atoms with Crippen molar-refractivity contribution in [2.45, 2.75) is 0 Å². The van der Waals surface area contributed by atoms with Crippen molar-refractivity contribution in [2.75, 3.05) is 6.61 Å². The lowest BCUT2D eigenvalue weighted by molar-refractivity contribution is 0.250. The molecule has 0 saturated heterocycles. The van der Waals surface area contributed by atoms with Gasteiger partial charge in [-0.2, -0.15) is 0 Å². The molecule has 0 saturated carbocycles. The summed E-state index contributed by atoms with van der Waals surface area (Å²) in [5, 5.41) is 8.63. The van der Waals surface area contributed by atoms with E-state index < -0.39 is 0 Å². The van der Waals surface area contributed by atoms with E-state index in [-0.39, 0.29) is 12.5 Å². The fourth-order valence-corrected chi connectivity index (χ4v) is 1.03. The fourth-order valence-electron chi connectivity index (χ4n) is 1.03. The van der Waals surface area contributed by atoms with E-state index in [2.05, 4.69) is 17.9 Å². The Labute approximate surface area is 48.0 Å². The SMILES string of the molecule is OCC1C#CC2=CC21. The first-order valence-corrected chi connectivity index (χ1v) is 2.76. The third-order valence-corrected chi connectivity index (χ3v) is 1.64. The van der Waals surface area contributed by atoms with Crippen molar-refractivity contribution in [1.82, 2.24) is 0 Å². The molecule has 2 aliphatic rings. The van der Waals surface area contributed by atoms with Crippen molar-refractivity contribution < 1.29 is 5.11 Å². The maximum absolute atomic E-state index is 8.63. The van der Waals surface area contributed by atoms with Crippen LogP contribution in [0.15, 0.2) is 11.6 Å². The summed E-state index contributed by atoms with van der Waals surface area (Å²) < 4.78 is 0. The van der Waals surface area contributed by atoms with Crippen LogP contribution in [-0.4, -0.2) is 11.7 Å². The third-order valence-electron chi connectivity index (χ3n) is 1.64. The second-order valence-corrected chi connectivity index (χ2v) is 2.21. The summed E-state index contributed by atoms with van der Waals surface area (Å²) in [4.78, 5) is 0. The van der Waals surface area contributed by atoms with Gasteiger partial charge in [-0.25, -0.2) is 0 Å². The quantitative estimate of drug-likeness (QED) is 0.472. The number of allylic oxidation sites excluding steroid dienone is 2.